The minimum absolute atomic E-state index is 0.00941. The van der Waals surface area contributed by atoms with Crippen LogP contribution >= 0.6 is 0 Å². The fourth-order valence-electron chi connectivity index (χ4n) is 5.50. The Morgan fingerprint density at radius 2 is 1.72 bits per heavy atom. The van der Waals surface area contributed by atoms with Crippen molar-refractivity contribution in [2.75, 3.05) is 18.2 Å². The van der Waals surface area contributed by atoms with E-state index in [1.807, 2.05) is 53.5 Å². The van der Waals surface area contributed by atoms with Gasteiger partial charge in [0.05, 0.1) is 5.69 Å². The largest absolute Gasteiger partial charge is 0.482 e. The topological polar surface area (TPSA) is 67.7 Å². The number of carbonyl (C=O) groups is 1. The van der Waals surface area contributed by atoms with E-state index in [1.54, 1.807) is 27.9 Å². The summed E-state index contributed by atoms with van der Waals surface area (Å²) >= 11 is 0. The van der Waals surface area contributed by atoms with Crippen LogP contribution in [0.25, 0.3) is 0 Å². The number of aryl methyl sites for hydroxylation is 1. The molecule has 0 fully saturated rings. The molecule has 0 unspecified atom stereocenters. The van der Waals surface area contributed by atoms with Gasteiger partial charge in [0.25, 0.3) is 5.91 Å². The predicted octanol–water partition coefficient (Wildman–Crippen LogP) is 4.83. The Bertz CT molecular complexity index is 1560. The summed E-state index contributed by atoms with van der Waals surface area (Å²) in [5.41, 5.74) is 3.36. The molecule has 0 saturated heterocycles. The van der Waals surface area contributed by atoms with E-state index in [-0.39, 0.29) is 36.1 Å². The summed E-state index contributed by atoms with van der Waals surface area (Å²) in [6.07, 6.45) is 5.24. The maximum absolute atomic E-state index is 14.5. The van der Waals surface area contributed by atoms with Crippen molar-refractivity contribution in [3.8, 4) is 5.75 Å². The molecule has 4 aromatic rings. The zero-order valence-electron chi connectivity index (χ0n) is 21.5. The van der Waals surface area contributed by atoms with Crippen molar-refractivity contribution < 1.29 is 13.9 Å². The number of aromatic nitrogens is 2. The van der Waals surface area contributed by atoms with Crippen molar-refractivity contribution in [1.29, 1.82) is 0 Å². The molecule has 2 bridgehead atoms. The zero-order chi connectivity index (χ0) is 26.8. The zero-order valence-corrected chi connectivity index (χ0v) is 21.5. The van der Waals surface area contributed by atoms with Gasteiger partial charge in [0.15, 0.2) is 11.4 Å². The maximum Gasteiger partial charge on any atom is 0.277 e. The third-order valence-electron chi connectivity index (χ3n) is 7.38. The van der Waals surface area contributed by atoms with Gasteiger partial charge in [0.2, 0.25) is 11.4 Å². The average molecular weight is 525 g/mol. The van der Waals surface area contributed by atoms with E-state index in [9.17, 15) is 14.0 Å². The summed E-state index contributed by atoms with van der Waals surface area (Å²) in [5.74, 6) is -0.822. The second-order valence-electron chi connectivity index (χ2n) is 9.92. The lowest BCUT2D eigenvalue weighted by Gasteiger charge is -2.44. The molecule has 0 radical (unpaired) electrons. The quantitative estimate of drug-likeness (QED) is 0.358. The van der Waals surface area contributed by atoms with Crippen LogP contribution in [0, 0.1) is 5.95 Å². The van der Waals surface area contributed by atoms with Gasteiger partial charge in [-0.1, -0.05) is 67.1 Å². The Morgan fingerprint density at radius 3 is 2.56 bits per heavy atom. The lowest BCUT2D eigenvalue weighted by atomic mass is 9.93. The number of fused-ring (bicyclic) bond motifs is 5. The van der Waals surface area contributed by atoms with Crippen LogP contribution in [0.15, 0.2) is 89.9 Å². The average Bonchev–Trinajstić information content (AvgIpc) is 2.98. The van der Waals surface area contributed by atoms with Crippen LogP contribution in [0.2, 0.25) is 0 Å². The predicted molar refractivity (Wildman–Crippen MR) is 146 cm³/mol. The molecule has 198 valence electrons. The van der Waals surface area contributed by atoms with Crippen molar-refractivity contribution in [1.82, 2.24) is 14.6 Å². The van der Waals surface area contributed by atoms with Crippen molar-refractivity contribution in [3.05, 3.63) is 129 Å². The summed E-state index contributed by atoms with van der Waals surface area (Å²) in [7, 11) is 0. The lowest BCUT2D eigenvalue weighted by molar-refractivity contribution is 0.0673. The van der Waals surface area contributed by atoms with Gasteiger partial charge in [-0.05, 0) is 48.1 Å². The van der Waals surface area contributed by atoms with Gasteiger partial charge in [-0.15, -0.1) is 0 Å². The monoisotopic (exact) mass is 524 g/mol. The SMILES string of the molecule is O=C1c2c(OCc3ccccc3)c(=O)ccn2N2CN1CCCCCc1ccccc1[C@@H]2c1cccc(F)n1. The van der Waals surface area contributed by atoms with Crippen molar-refractivity contribution in [2.24, 2.45) is 0 Å². The molecule has 39 heavy (non-hydrogen) atoms. The van der Waals surface area contributed by atoms with Crippen LogP contribution in [0.3, 0.4) is 0 Å². The van der Waals surface area contributed by atoms with E-state index in [1.165, 1.54) is 12.1 Å². The molecule has 2 aliphatic rings. The first-order valence-corrected chi connectivity index (χ1v) is 13.3. The Balaban J connectivity index is 1.54. The fraction of sp³-hybridized carbons (Fsp3) is 0.258. The van der Waals surface area contributed by atoms with E-state index in [0.717, 1.165) is 42.4 Å². The molecule has 0 spiro atoms. The lowest BCUT2D eigenvalue weighted by Crippen LogP contribution is -2.56. The summed E-state index contributed by atoms with van der Waals surface area (Å²) in [6.45, 7) is 0.943. The summed E-state index contributed by atoms with van der Waals surface area (Å²) in [6, 6.07) is 23.4. The van der Waals surface area contributed by atoms with Crippen LogP contribution in [0.4, 0.5) is 4.39 Å². The summed E-state index contributed by atoms with van der Waals surface area (Å²) in [5, 5.41) is 1.98. The molecule has 0 aliphatic carbocycles. The van der Waals surface area contributed by atoms with Gasteiger partial charge in [0, 0.05) is 18.8 Å². The highest BCUT2D eigenvalue weighted by atomic mass is 19.1. The van der Waals surface area contributed by atoms with Gasteiger partial charge < -0.3 is 9.64 Å². The first-order chi connectivity index (χ1) is 19.1. The molecule has 2 aliphatic heterocycles. The van der Waals surface area contributed by atoms with Crippen molar-refractivity contribution in [3.63, 3.8) is 0 Å². The molecule has 2 aromatic heterocycles. The molecule has 4 heterocycles. The number of hydrogen-bond donors (Lipinski definition) is 0. The van der Waals surface area contributed by atoms with Crippen molar-refractivity contribution in [2.45, 2.75) is 38.3 Å². The third kappa shape index (κ3) is 4.90. The highest BCUT2D eigenvalue weighted by Crippen LogP contribution is 2.34. The highest BCUT2D eigenvalue weighted by molar-refractivity contribution is 5.96. The minimum Gasteiger partial charge on any atom is -0.482 e. The number of nitrogens with zero attached hydrogens (tertiary/aromatic N) is 4. The van der Waals surface area contributed by atoms with E-state index in [2.05, 4.69) is 11.1 Å². The minimum atomic E-state index is -0.573. The maximum atomic E-state index is 14.5. The second-order valence-corrected chi connectivity index (χ2v) is 9.92. The van der Waals surface area contributed by atoms with Gasteiger partial charge in [0.1, 0.15) is 19.3 Å². The van der Waals surface area contributed by atoms with Gasteiger partial charge in [-0.25, -0.2) is 4.98 Å². The molecule has 6 rings (SSSR count). The molecule has 2 aromatic carbocycles. The van der Waals surface area contributed by atoms with Gasteiger partial charge in [-0.2, -0.15) is 4.39 Å². The number of amides is 1. The number of ether oxygens (including phenoxy) is 1. The second kappa shape index (κ2) is 10.7. The first-order valence-electron chi connectivity index (χ1n) is 13.3. The molecule has 1 atom stereocenters. The number of pyridine rings is 2. The van der Waals surface area contributed by atoms with Crippen LogP contribution in [0.1, 0.15) is 58.2 Å². The van der Waals surface area contributed by atoms with Gasteiger partial charge >= 0.3 is 0 Å². The Morgan fingerprint density at radius 1 is 0.897 bits per heavy atom. The van der Waals surface area contributed by atoms with E-state index in [4.69, 9.17) is 4.74 Å². The molecular weight excluding hydrogens is 495 g/mol. The Labute approximate surface area is 226 Å². The number of hydrogen-bond acceptors (Lipinski definition) is 5. The van der Waals surface area contributed by atoms with Crippen LogP contribution < -0.4 is 15.2 Å². The smallest absolute Gasteiger partial charge is 0.277 e. The molecule has 8 heteroatoms. The number of rotatable bonds is 4. The van der Waals surface area contributed by atoms with Crippen LogP contribution in [-0.2, 0) is 13.0 Å². The molecule has 7 nitrogen and oxygen atoms in total. The first kappa shape index (κ1) is 24.9. The third-order valence-corrected chi connectivity index (χ3v) is 7.38. The molecule has 1 amide bonds. The summed E-state index contributed by atoms with van der Waals surface area (Å²) in [4.78, 5) is 33.0. The number of halogens is 1. The van der Waals surface area contributed by atoms with E-state index in [0.29, 0.717) is 12.2 Å². The van der Waals surface area contributed by atoms with Crippen molar-refractivity contribution >= 4 is 5.91 Å². The van der Waals surface area contributed by atoms with Crippen LogP contribution in [0.5, 0.6) is 5.75 Å². The number of benzene rings is 2. The standard InChI is InChI=1S/C31H29FN4O3/c32-27-16-9-15-25(33-27)28-24-14-7-6-13-23(24)12-5-2-8-18-34-21-36(28)35-19-17-26(37)30(29(35)31(34)38)39-20-22-10-3-1-4-11-22/h1,3-4,6-7,9-11,13-17,19,28H,2,5,8,12,18,20-21H2/t28-/m1/s1. The van der Waals surface area contributed by atoms with Gasteiger partial charge in [-0.3, -0.25) is 19.3 Å². The molecule has 0 N–H and O–H groups in total. The summed E-state index contributed by atoms with van der Waals surface area (Å²) < 4.78 is 22.2. The Kier molecular flexibility index (Phi) is 6.84. The highest BCUT2D eigenvalue weighted by Gasteiger charge is 2.38. The number of carbonyl (C=O) groups excluding carboxylic acids is 1. The fourth-order valence-corrected chi connectivity index (χ4v) is 5.50. The van der Waals surface area contributed by atoms with E-state index >= 15 is 0 Å². The normalized spacial score (nSPS) is 17.2. The van der Waals surface area contributed by atoms with E-state index < -0.39 is 12.0 Å². The molecule has 0 saturated carbocycles. The molecular formula is C31H29FN4O3. The Hall–Kier alpha value is -4.46. The van der Waals surface area contributed by atoms with Crippen LogP contribution in [-0.4, -0.2) is 33.7 Å².